The largest absolute Gasteiger partial charge is 0.395 e. The zero-order chi connectivity index (χ0) is 13.8. The molecule has 1 fully saturated rings. The Hall–Kier alpha value is -0.860. The molecule has 110 valence electrons. The number of likely N-dealkylation sites (tertiary alicyclic amines) is 1. The van der Waals surface area contributed by atoms with E-state index in [0.717, 1.165) is 6.54 Å². The smallest absolute Gasteiger partial charge is 0.0586 e. The Kier molecular flexibility index (Phi) is 4.74. The molecule has 1 aliphatic heterocycles. The van der Waals surface area contributed by atoms with Gasteiger partial charge in [0.2, 0.25) is 0 Å². The SMILES string of the molecule is OCC1CCCCCN1CC1CCCc2ccccc21. The molecule has 1 N–H and O–H groups in total. The van der Waals surface area contributed by atoms with Gasteiger partial charge in [0.1, 0.15) is 0 Å². The molecule has 2 nitrogen and oxygen atoms in total. The number of rotatable bonds is 3. The summed E-state index contributed by atoms with van der Waals surface area (Å²) in [6, 6.07) is 9.37. The third-order valence-corrected chi connectivity index (χ3v) is 5.16. The summed E-state index contributed by atoms with van der Waals surface area (Å²) in [5, 5.41) is 9.67. The lowest BCUT2D eigenvalue weighted by Crippen LogP contribution is -2.40. The van der Waals surface area contributed by atoms with E-state index in [1.54, 1.807) is 11.1 Å². The molecular formula is C18H27NO. The number of aryl methyl sites for hydroxylation is 1. The fourth-order valence-corrected chi connectivity index (χ4v) is 4.01. The molecule has 2 atom stereocenters. The molecule has 0 spiro atoms. The number of nitrogens with zero attached hydrogens (tertiary/aromatic N) is 1. The molecule has 3 rings (SSSR count). The van der Waals surface area contributed by atoms with Gasteiger partial charge < -0.3 is 5.11 Å². The molecule has 1 aliphatic carbocycles. The maximum atomic E-state index is 9.67. The van der Waals surface area contributed by atoms with Gasteiger partial charge in [-0.15, -0.1) is 0 Å². The third-order valence-electron chi connectivity index (χ3n) is 5.16. The monoisotopic (exact) mass is 273 g/mol. The summed E-state index contributed by atoms with van der Waals surface area (Å²) in [5.74, 6) is 0.673. The predicted molar refractivity (Wildman–Crippen MR) is 83.0 cm³/mol. The first-order chi connectivity index (χ1) is 9.88. The van der Waals surface area contributed by atoms with Crippen molar-refractivity contribution < 1.29 is 5.11 Å². The second kappa shape index (κ2) is 6.73. The molecule has 0 bridgehead atoms. The van der Waals surface area contributed by atoms with Crippen molar-refractivity contribution in [2.75, 3.05) is 19.7 Å². The maximum absolute atomic E-state index is 9.67. The van der Waals surface area contributed by atoms with Gasteiger partial charge in [-0.1, -0.05) is 37.1 Å². The maximum Gasteiger partial charge on any atom is 0.0586 e. The number of benzene rings is 1. The Morgan fingerprint density at radius 1 is 1.05 bits per heavy atom. The first kappa shape index (κ1) is 14.1. The molecule has 1 aromatic rings. The van der Waals surface area contributed by atoms with E-state index in [0.29, 0.717) is 18.6 Å². The van der Waals surface area contributed by atoms with Crippen LogP contribution in [0.5, 0.6) is 0 Å². The first-order valence-electron chi connectivity index (χ1n) is 8.31. The Morgan fingerprint density at radius 2 is 1.95 bits per heavy atom. The summed E-state index contributed by atoms with van der Waals surface area (Å²) < 4.78 is 0. The summed E-state index contributed by atoms with van der Waals surface area (Å²) in [4.78, 5) is 2.57. The Labute approximate surface area is 122 Å². The molecule has 0 radical (unpaired) electrons. The zero-order valence-electron chi connectivity index (χ0n) is 12.4. The fraction of sp³-hybridized carbons (Fsp3) is 0.667. The summed E-state index contributed by atoms with van der Waals surface area (Å²) in [6.07, 6.45) is 8.95. The van der Waals surface area contributed by atoms with Crippen LogP contribution in [0.4, 0.5) is 0 Å². The minimum atomic E-state index is 0.328. The lowest BCUT2D eigenvalue weighted by Gasteiger charge is -2.34. The van der Waals surface area contributed by atoms with Crippen LogP contribution in [0.15, 0.2) is 24.3 Å². The Balaban J connectivity index is 1.73. The van der Waals surface area contributed by atoms with E-state index in [2.05, 4.69) is 29.2 Å². The van der Waals surface area contributed by atoms with Crippen LogP contribution in [-0.2, 0) is 6.42 Å². The summed E-state index contributed by atoms with van der Waals surface area (Å²) in [5.41, 5.74) is 3.12. The predicted octanol–water partition coefficient (Wildman–Crippen LogP) is 3.34. The van der Waals surface area contributed by atoms with Gasteiger partial charge in [0, 0.05) is 12.6 Å². The average Bonchev–Trinajstić information content (AvgIpc) is 2.72. The quantitative estimate of drug-likeness (QED) is 0.913. The van der Waals surface area contributed by atoms with Gasteiger partial charge in [-0.3, -0.25) is 4.90 Å². The highest BCUT2D eigenvalue weighted by atomic mass is 16.3. The molecule has 0 amide bonds. The van der Waals surface area contributed by atoms with Crippen LogP contribution in [0.3, 0.4) is 0 Å². The second-order valence-electron chi connectivity index (χ2n) is 6.47. The summed E-state index contributed by atoms with van der Waals surface area (Å²) >= 11 is 0. The average molecular weight is 273 g/mol. The fourth-order valence-electron chi connectivity index (χ4n) is 4.01. The molecule has 0 saturated carbocycles. The number of hydrogen-bond donors (Lipinski definition) is 1. The van der Waals surface area contributed by atoms with E-state index >= 15 is 0 Å². The minimum Gasteiger partial charge on any atom is -0.395 e. The van der Waals surface area contributed by atoms with E-state index in [1.165, 1.54) is 51.5 Å². The normalized spacial score (nSPS) is 27.9. The highest BCUT2D eigenvalue weighted by molar-refractivity contribution is 5.32. The Bertz CT molecular complexity index is 431. The van der Waals surface area contributed by atoms with Gasteiger partial charge in [-0.25, -0.2) is 0 Å². The van der Waals surface area contributed by atoms with Gasteiger partial charge >= 0.3 is 0 Å². The van der Waals surface area contributed by atoms with Crippen molar-refractivity contribution >= 4 is 0 Å². The molecular weight excluding hydrogens is 246 g/mol. The van der Waals surface area contributed by atoms with Crippen molar-refractivity contribution in [3.8, 4) is 0 Å². The van der Waals surface area contributed by atoms with Crippen LogP contribution in [0.2, 0.25) is 0 Å². The van der Waals surface area contributed by atoms with Crippen LogP contribution < -0.4 is 0 Å². The molecule has 1 heterocycles. The van der Waals surface area contributed by atoms with Gasteiger partial charge in [0.15, 0.2) is 0 Å². The summed E-state index contributed by atoms with van der Waals surface area (Å²) in [7, 11) is 0. The van der Waals surface area contributed by atoms with Crippen LogP contribution in [0.1, 0.15) is 55.6 Å². The highest BCUT2D eigenvalue weighted by Gasteiger charge is 2.26. The van der Waals surface area contributed by atoms with E-state index < -0.39 is 0 Å². The molecule has 0 aromatic heterocycles. The number of fused-ring (bicyclic) bond motifs is 1. The van der Waals surface area contributed by atoms with Crippen molar-refractivity contribution in [3.63, 3.8) is 0 Å². The van der Waals surface area contributed by atoms with Gasteiger partial charge in [0.05, 0.1) is 6.61 Å². The van der Waals surface area contributed by atoms with Crippen molar-refractivity contribution in [2.45, 2.75) is 56.9 Å². The lowest BCUT2D eigenvalue weighted by molar-refractivity contribution is 0.116. The van der Waals surface area contributed by atoms with Crippen molar-refractivity contribution in [1.29, 1.82) is 0 Å². The molecule has 20 heavy (non-hydrogen) atoms. The van der Waals surface area contributed by atoms with Crippen molar-refractivity contribution in [3.05, 3.63) is 35.4 Å². The number of aliphatic hydroxyl groups excluding tert-OH is 1. The number of hydrogen-bond acceptors (Lipinski definition) is 2. The Morgan fingerprint density at radius 3 is 2.85 bits per heavy atom. The van der Waals surface area contributed by atoms with Crippen LogP contribution in [0, 0.1) is 0 Å². The number of aliphatic hydroxyl groups is 1. The molecule has 2 unspecified atom stereocenters. The van der Waals surface area contributed by atoms with E-state index in [1.807, 2.05) is 0 Å². The molecule has 2 aliphatic rings. The van der Waals surface area contributed by atoms with Gasteiger partial charge in [0.25, 0.3) is 0 Å². The van der Waals surface area contributed by atoms with Gasteiger partial charge in [-0.05, 0) is 55.7 Å². The van der Waals surface area contributed by atoms with Crippen molar-refractivity contribution in [1.82, 2.24) is 4.90 Å². The van der Waals surface area contributed by atoms with E-state index in [4.69, 9.17) is 0 Å². The lowest BCUT2D eigenvalue weighted by atomic mass is 9.82. The topological polar surface area (TPSA) is 23.5 Å². The van der Waals surface area contributed by atoms with Crippen molar-refractivity contribution in [2.24, 2.45) is 0 Å². The van der Waals surface area contributed by atoms with Crippen LogP contribution in [0.25, 0.3) is 0 Å². The standard InChI is InChI=1S/C18H27NO/c20-14-17-10-2-1-5-12-19(17)13-16-9-6-8-15-7-3-4-11-18(15)16/h3-4,7,11,16-17,20H,1-2,5-6,8-10,12-14H2. The highest BCUT2D eigenvalue weighted by Crippen LogP contribution is 2.33. The van der Waals surface area contributed by atoms with E-state index in [-0.39, 0.29) is 0 Å². The zero-order valence-corrected chi connectivity index (χ0v) is 12.4. The van der Waals surface area contributed by atoms with E-state index in [9.17, 15) is 5.11 Å². The molecule has 1 aromatic carbocycles. The molecule has 1 saturated heterocycles. The van der Waals surface area contributed by atoms with Gasteiger partial charge in [-0.2, -0.15) is 0 Å². The van der Waals surface area contributed by atoms with Crippen LogP contribution >= 0.6 is 0 Å². The minimum absolute atomic E-state index is 0.328. The molecule has 2 heteroatoms. The summed E-state index contributed by atoms with van der Waals surface area (Å²) in [6.45, 7) is 2.64. The second-order valence-corrected chi connectivity index (χ2v) is 6.47. The first-order valence-corrected chi connectivity index (χ1v) is 8.31. The van der Waals surface area contributed by atoms with Crippen LogP contribution in [-0.4, -0.2) is 35.7 Å². The third kappa shape index (κ3) is 3.07.